The molecule has 12 rings (SSSR count). The van der Waals surface area contributed by atoms with Gasteiger partial charge in [0.1, 0.15) is 0 Å². The number of benzene rings is 11. The highest BCUT2D eigenvalue weighted by Crippen LogP contribution is 2.51. The summed E-state index contributed by atoms with van der Waals surface area (Å²) in [4.78, 5) is 4.67. The van der Waals surface area contributed by atoms with Crippen LogP contribution in [-0.2, 0) is 0 Å². The molecule has 308 valence electrons. The van der Waals surface area contributed by atoms with Gasteiger partial charge in [-0.1, -0.05) is 224 Å². The molecule has 66 heavy (non-hydrogen) atoms. The second-order valence-corrected chi connectivity index (χ2v) is 16.9. The first-order chi connectivity index (χ1) is 32.8. The Morgan fingerprint density at radius 2 is 0.545 bits per heavy atom. The van der Waals surface area contributed by atoms with Crippen LogP contribution in [0.1, 0.15) is 0 Å². The summed E-state index contributed by atoms with van der Waals surface area (Å²) in [6, 6.07) is 92.9. The van der Waals surface area contributed by atoms with Crippen molar-refractivity contribution in [2.75, 3.05) is 0 Å². The molecule has 1 nitrogen and oxygen atoms in total. The van der Waals surface area contributed by atoms with E-state index in [0.29, 0.717) is 0 Å². The zero-order valence-corrected chi connectivity index (χ0v) is 36.3. The minimum atomic E-state index is 0.999. The molecule has 0 aliphatic rings. The molecule has 1 aromatic heterocycles. The van der Waals surface area contributed by atoms with Crippen LogP contribution in [0.25, 0.3) is 121 Å². The fourth-order valence-corrected chi connectivity index (χ4v) is 10.2. The fraction of sp³-hybridized carbons (Fsp3) is 0. The van der Waals surface area contributed by atoms with Crippen molar-refractivity contribution in [3.05, 3.63) is 261 Å². The van der Waals surface area contributed by atoms with Gasteiger partial charge in [0, 0.05) is 11.6 Å². The quantitative estimate of drug-likeness (QED) is 0.139. The van der Waals surface area contributed by atoms with Gasteiger partial charge in [-0.25, -0.2) is 0 Å². The van der Waals surface area contributed by atoms with Gasteiger partial charge in [-0.3, -0.25) is 4.98 Å². The second-order valence-electron chi connectivity index (χ2n) is 16.9. The molecular weight excluding hydrogens is 795 g/mol. The lowest BCUT2D eigenvalue weighted by atomic mass is 9.78. The van der Waals surface area contributed by atoms with E-state index in [4.69, 9.17) is 0 Å². The second kappa shape index (κ2) is 16.8. The first-order valence-electron chi connectivity index (χ1n) is 22.7. The number of hydrogen-bond donors (Lipinski definition) is 0. The smallest absolute Gasteiger partial charge is 0.0708 e. The third-order valence-corrected chi connectivity index (χ3v) is 13.1. The number of pyridine rings is 1. The van der Waals surface area contributed by atoms with Crippen LogP contribution >= 0.6 is 0 Å². The Morgan fingerprint density at radius 3 is 1.03 bits per heavy atom. The molecule has 0 spiro atoms. The monoisotopic (exact) mass is 837 g/mol. The number of nitrogens with zero attached hydrogens (tertiary/aromatic N) is 1. The van der Waals surface area contributed by atoms with E-state index in [1.54, 1.807) is 0 Å². The van der Waals surface area contributed by atoms with E-state index in [1.807, 2.05) is 6.20 Å². The summed E-state index contributed by atoms with van der Waals surface area (Å²) < 4.78 is 0. The van der Waals surface area contributed by atoms with Crippen LogP contribution in [0.4, 0.5) is 0 Å². The SMILES string of the molecule is c1ccc(-c2cc(-c3cccc(-c4c5ccccc5c(-c5cccc(-c6ccnc7ccccc67)c5)c5ccccc45)c3)c(-c3ccccc3)c(-c3ccccc3)c2-c2ccccc2)cc1. The molecule has 0 saturated heterocycles. The maximum atomic E-state index is 4.67. The molecule has 0 fully saturated rings. The van der Waals surface area contributed by atoms with E-state index >= 15 is 0 Å². The molecule has 0 N–H and O–H groups in total. The van der Waals surface area contributed by atoms with Crippen molar-refractivity contribution in [1.29, 1.82) is 0 Å². The summed E-state index contributed by atoms with van der Waals surface area (Å²) in [7, 11) is 0. The Labute approximate surface area is 385 Å². The first-order valence-corrected chi connectivity index (χ1v) is 22.7. The van der Waals surface area contributed by atoms with Gasteiger partial charge in [0.2, 0.25) is 0 Å². The molecule has 0 aliphatic heterocycles. The van der Waals surface area contributed by atoms with Gasteiger partial charge in [-0.15, -0.1) is 0 Å². The van der Waals surface area contributed by atoms with Crippen LogP contribution in [-0.4, -0.2) is 4.98 Å². The molecule has 0 unspecified atom stereocenters. The summed E-state index contributed by atoms with van der Waals surface area (Å²) in [6.45, 7) is 0. The minimum Gasteiger partial charge on any atom is -0.256 e. The van der Waals surface area contributed by atoms with Crippen LogP contribution in [0.2, 0.25) is 0 Å². The third-order valence-electron chi connectivity index (χ3n) is 13.1. The van der Waals surface area contributed by atoms with Gasteiger partial charge in [0.15, 0.2) is 0 Å². The number of fused-ring (bicyclic) bond motifs is 3. The fourth-order valence-electron chi connectivity index (χ4n) is 10.2. The average Bonchev–Trinajstić information content (AvgIpc) is 3.40. The molecule has 0 bridgehead atoms. The van der Waals surface area contributed by atoms with Crippen molar-refractivity contribution in [2.24, 2.45) is 0 Å². The van der Waals surface area contributed by atoms with E-state index in [0.717, 1.165) is 16.5 Å². The lowest BCUT2D eigenvalue weighted by molar-refractivity contribution is 1.41. The van der Waals surface area contributed by atoms with E-state index in [1.165, 1.54) is 105 Å². The summed E-state index contributed by atoms with van der Waals surface area (Å²) >= 11 is 0. The Morgan fingerprint density at radius 1 is 0.197 bits per heavy atom. The maximum Gasteiger partial charge on any atom is 0.0708 e. The molecule has 0 aliphatic carbocycles. The molecule has 0 radical (unpaired) electrons. The highest BCUT2D eigenvalue weighted by molar-refractivity contribution is 6.22. The van der Waals surface area contributed by atoms with E-state index < -0.39 is 0 Å². The number of hydrogen-bond acceptors (Lipinski definition) is 1. The Kier molecular flexibility index (Phi) is 9.93. The van der Waals surface area contributed by atoms with Gasteiger partial charge < -0.3 is 0 Å². The van der Waals surface area contributed by atoms with Crippen LogP contribution in [0, 0.1) is 0 Å². The lowest BCUT2D eigenvalue weighted by Gasteiger charge is -2.25. The van der Waals surface area contributed by atoms with Crippen molar-refractivity contribution in [3.8, 4) is 89.0 Å². The van der Waals surface area contributed by atoms with Crippen LogP contribution < -0.4 is 0 Å². The third kappa shape index (κ3) is 6.86. The first kappa shape index (κ1) is 39.0. The van der Waals surface area contributed by atoms with E-state index in [2.05, 4.69) is 260 Å². The minimum absolute atomic E-state index is 0.999. The zero-order valence-electron chi connectivity index (χ0n) is 36.3. The average molecular weight is 838 g/mol. The number of aromatic nitrogens is 1. The van der Waals surface area contributed by atoms with Crippen LogP contribution in [0.3, 0.4) is 0 Å². The Bertz CT molecular complexity index is 3660. The molecule has 0 atom stereocenters. The van der Waals surface area contributed by atoms with E-state index in [-0.39, 0.29) is 0 Å². The number of para-hydroxylation sites is 1. The van der Waals surface area contributed by atoms with Crippen LogP contribution in [0.15, 0.2) is 261 Å². The maximum absolute atomic E-state index is 4.67. The summed E-state index contributed by atoms with van der Waals surface area (Å²) in [5, 5.41) is 6.05. The highest BCUT2D eigenvalue weighted by atomic mass is 14.6. The van der Waals surface area contributed by atoms with Crippen molar-refractivity contribution < 1.29 is 0 Å². The van der Waals surface area contributed by atoms with Gasteiger partial charge >= 0.3 is 0 Å². The van der Waals surface area contributed by atoms with Crippen molar-refractivity contribution in [3.63, 3.8) is 0 Å². The topological polar surface area (TPSA) is 12.9 Å². The van der Waals surface area contributed by atoms with Crippen molar-refractivity contribution >= 4 is 32.4 Å². The summed E-state index contributed by atoms with van der Waals surface area (Å²) in [6.07, 6.45) is 1.92. The molecular formula is C65H43N. The largest absolute Gasteiger partial charge is 0.256 e. The van der Waals surface area contributed by atoms with Crippen LogP contribution in [0.5, 0.6) is 0 Å². The summed E-state index contributed by atoms with van der Waals surface area (Å²) in [5.74, 6) is 0. The zero-order chi connectivity index (χ0) is 43.8. The predicted molar refractivity (Wildman–Crippen MR) is 280 cm³/mol. The normalized spacial score (nSPS) is 11.3. The summed E-state index contributed by atoms with van der Waals surface area (Å²) in [5.41, 5.74) is 20.1. The van der Waals surface area contributed by atoms with Gasteiger partial charge in [0.05, 0.1) is 5.52 Å². The van der Waals surface area contributed by atoms with E-state index in [9.17, 15) is 0 Å². The van der Waals surface area contributed by atoms with Crippen molar-refractivity contribution in [1.82, 2.24) is 4.98 Å². The van der Waals surface area contributed by atoms with Gasteiger partial charge in [-0.05, 0) is 141 Å². The number of rotatable bonds is 8. The molecule has 1 heteroatoms. The Balaban J connectivity index is 1.12. The highest BCUT2D eigenvalue weighted by Gasteiger charge is 2.25. The van der Waals surface area contributed by atoms with Gasteiger partial charge in [-0.2, -0.15) is 0 Å². The lowest BCUT2D eigenvalue weighted by Crippen LogP contribution is -1.98. The molecule has 0 amide bonds. The Hall–Kier alpha value is -8.65. The molecule has 11 aromatic carbocycles. The molecule has 12 aromatic rings. The standard InChI is InChI=1S/C65H43N/c1-5-21-44(22-6-1)58-43-59(64(46-25-9-3-10-26-46)65(47-27-11-4-12-28-47)63(58)45-23-7-2-8-24-45)49-30-20-32-51(42-49)62-56-36-15-13-34-54(56)61(55-35-14-16-37-57(55)62)50-31-19-29-48(41-50)52-39-40-66-60-38-18-17-33-53(52)60/h1-43H. The molecule has 0 saturated carbocycles. The molecule has 1 heterocycles. The predicted octanol–water partition coefficient (Wildman–Crippen LogP) is 17.9. The van der Waals surface area contributed by atoms with Gasteiger partial charge in [0.25, 0.3) is 0 Å². The van der Waals surface area contributed by atoms with Crippen molar-refractivity contribution in [2.45, 2.75) is 0 Å².